The number of benzene rings is 2. The number of rotatable bonds is 2. The van der Waals surface area contributed by atoms with Gasteiger partial charge in [0.1, 0.15) is 5.82 Å². The van der Waals surface area contributed by atoms with Crippen molar-refractivity contribution < 1.29 is 8.78 Å². The predicted molar refractivity (Wildman–Crippen MR) is 76.2 cm³/mol. The lowest BCUT2D eigenvalue weighted by Crippen LogP contribution is -1.97. The fraction of sp³-hybridized carbons (Fsp3) is 0. The Kier molecular flexibility index (Phi) is 4.17. The Bertz CT molecular complexity index is 658. The van der Waals surface area contributed by atoms with E-state index < -0.39 is 11.6 Å². The van der Waals surface area contributed by atoms with Crippen LogP contribution < -0.4 is 5.32 Å². The molecule has 0 radical (unpaired) electrons. The van der Waals surface area contributed by atoms with E-state index in [1.165, 1.54) is 6.07 Å². The zero-order valence-corrected chi connectivity index (χ0v) is 12.5. The molecule has 0 amide bonds. The number of anilines is 2. The second kappa shape index (κ2) is 5.68. The van der Waals surface area contributed by atoms with Crippen LogP contribution in [-0.4, -0.2) is 0 Å². The first kappa shape index (κ1) is 14.0. The Morgan fingerprint density at radius 3 is 2.37 bits per heavy atom. The van der Waals surface area contributed by atoms with Crippen molar-refractivity contribution in [3.63, 3.8) is 0 Å². The number of nitrogens with one attached hydrogen (secondary N) is 1. The highest BCUT2D eigenvalue weighted by molar-refractivity contribution is 9.11. The number of hydrogen-bond acceptors (Lipinski definition) is 2. The molecule has 2 aromatic rings. The van der Waals surface area contributed by atoms with Gasteiger partial charge < -0.3 is 5.32 Å². The molecule has 0 aromatic heterocycles. The highest BCUT2D eigenvalue weighted by Gasteiger charge is 2.11. The third-order valence-corrected chi connectivity index (χ3v) is 3.65. The Labute approximate surface area is 125 Å². The smallest absolute Gasteiger partial charge is 0.150 e. The number of nitrogens with zero attached hydrogens (tertiary/aromatic N) is 1. The van der Waals surface area contributed by atoms with Crippen molar-refractivity contribution in [3.05, 3.63) is 56.5 Å². The van der Waals surface area contributed by atoms with E-state index in [2.05, 4.69) is 37.2 Å². The van der Waals surface area contributed by atoms with E-state index in [1.807, 2.05) is 6.07 Å². The van der Waals surface area contributed by atoms with Crippen molar-refractivity contribution in [1.82, 2.24) is 0 Å². The van der Waals surface area contributed by atoms with Crippen molar-refractivity contribution >= 4 is 43.2 Å². The van der Waals surface area contributed by atoms with Gasteiger partial charge in [-0.15, -0.1) is 0 Å². The van der Waals surface area contributed by atoms with Gasteiger partial charge in [0.05, 0.1) is 23.0 Å². The van der Waals surface area contributed by atoms with E-state index in [0.29, 0.717) is 15.7 Å². The molecule has 0 aliphatic rings. The summed E-state index contributed by atoms with van der Waals surface area (Å²) in [6, 6.07) is 8.81. The van der Waals surface area contributed by atoms with Gasteiger partial charge in [-0.2, -0.15) is 5.26 Å². The summed E-state index contributed by atoms with van der Waals surface area (Å²) in [5, 5.41) is 11.6. The first-order chi connectivity index (χ1) is 9.01. The van der Waals surface area contributed by atoms with Crippen molar-refractivity contribution in [2.45, 2.75) is 0 Å². The number of halogens is 4. The van der Waals surface area contributed by atoms with Crippen molar-refractivity contribution in [3.8, 4) is 6.07 Å². The molecule has 6 heteroatoms. The monoisotopic (exact) mass is 386 g/mol. The molecule has 96 valence electrons. The molecule has 0 bridgehead atoms. The van der Waals surface area contributed by atoms with Gasteiger partial charge in [0.25, 0.3) is 0 Å². The van der Waals surface area contributed by atoms with Crippen LogP contribution in [0.2, 0.25) is 0 Å². The van der Waals surface area contributed by atoms with E-state index >= 15 is 0 Å². The Balaban J connectivity index is 2.40. The largest absolute Gasteiger partial charge is 0.351 e. The lowest BCUT2D eigenvalue weighted by molar-refractivity contribution is 0.584. The Hall–Kier alpha value is -1.45. The topological polar surface area (TPSA) is 35.8 Å². The van der Waals surface area contributed by atoms with Crippen LogP contribution in [0, 0.1) is 23.0 Å². The van der Waals surface area contributed by atoms with E-state index in [-0.39, 0.29) is 10.2 Å². The highest BCUT2D eigenvalue weighted by atomic mass is 79.9. The summed E-state index contributed by atoms with van der Waals surface area (Å²) in [7, 11) is 0. The first-order valence-corrected chi connectivity index (χ1v) is 6.71. The third-order valence-electron chi connectivity index (χ3n) is 2.36. The average Bonchev–Trinajstić information content (AvgIpc) is 2.35. The van der Waals surface area contributed by atoms with Crippen molar-refractivity contribution in [1.29, 1.82) is 5.26 Å². The molecule has 2 nitrogen and oxygen atoms in total. The SMILES string of the molecule is N#Cc1ccc(Nc2c(F)cc(F)cc2Br)c(Br)c1. The van der Waals surface area contributed by atoms with Crippen LogP contribution in [0.3, 0.4) is 0 Å². The molecule has 0 aliphatic heterocycles. The molecule has 19 heavy (non-hydrogen) atoms. The lowest BCUT2D eigenvalue weighted by atomic mass is 10.2. The van der Waals surface area contributed by atoms with E-state index in [0.717, 1.165) is 6.07 Å². The summed E-state index contributed by atoms with van der Waals surface area (Å²) < 4.78 is 27.5. The van der Waals surface area contributed by atoms with Crippen LogP contribution in [0.5, 0.6) is 0 Å². The summed E-state index contributed by atoms with van der Waals surface area (Å²) in [6.07, 6.45) is 0. The summed E-state index contributed by atoms with van der Waals surface area (Å²) in [4.78, 5) is 0. The molecule has 0 saturated heterocycles. The second-order valence-corrected chi connectivity index (χ2v) is 5.38. The lowest BCUT2D eigenvalue weighted by Gasteiger charge is -2.11. The molecule has 0 unspecified atom stereocenters. The van der Waals surface area contributed by atoms with Crippen LogP contribution in [0.15, 0.2) is 39.3 Å². The van der Waals surface area contributed by atoms with Gasteiger partial charge in [-0.05, 0) is 56.1 Å². The summed E-state index contributed by atoms with van der Waals surface area (Å²) in [5.74, 6) is -1.36. The zero-order chi connectivity index (χ0) is 14.0. The fourth-order valence-corrected chi connectivity index (χ4v) is 2.47. The Morgan fingerprint density at radius 1 is 1.05 bits per heavy atom. The third kappa shape index (κ3) is 3.11. The molecule has 1 N–H and O–H groups in total. The second-order valence-electron chi connectivity index (χ2n) is 3.68. The van der Waals surface area contributed by atoms with Crippen LogP contribution in [-0.2, 0) is 0 Å². The maximum absolute atomic E-state index is 13.7. The normalized spacial score (nSPS) is 10.1. The maximum atomic E-state index is 13.7. The van der Waals surface area contributed by atoms with Crippen molar-refractivity contribution in [2.24, 2.45) is 0 Å². The molecule has 2 aromatic carbocycles. The fourth-order valence-electron chi connectivity index (χ4n) is 1.48. The van der Waals surface area contributed by atoms with Crippen molar-refractivity contribution in [2.75, 3.05) is 5.32 Å². The molecule has 0 spiro atoms. The summed E-state index contributed by atoms with van der Waals surface area (Å²) in [5.41, 5.74) is 1.19. The van der Waals surface area contributed by atoms with Gasteiger partial charge in [0, 0.05) is 15.0 Å². The first-order valence-electron chi connectivity index (χ1n) is 5.12. The minimum Gasteiger partial charge on any atom is -0.351 e. The average molecular weight is 388 g/mol. The van der Waals surface area contributed by atoms with Crippen LogP contribution in [0.4, 0.5) is 20.2 Å². The van der Waals surface area contributed by atoms with E-state index in [1.54, 1.807) is 18.2 Å². The molecule has 0 atom stereocenters. The maximum Gasteiger partial charge on any atom is 0.150 e. The molecule has 0 heterocycles. The molecular formula is C13H6Br2F2N2. The van der Waals surface area contributed by atoms with Gasteiger partial charge >= 0.3 is 0 Å². The quantitative estimate of drug-likeness (QED) is 0.777. The minimum absolute atomic E-state index is 0.131. The summed E-state index contributed by atoms with van der Waals surface area (Å²) >= 11 is 6.38. The van der Waals surface area contributed by atoms with Gasteiger partial charge in [0.15, 0.2) is 5.82 Å². The molecule has 2 rings (SSSR count). The number of nitriles is 1. The van der Waals surface area contributed by atoms with Gasteiger partial charge in [0.2, 0.25) is 0 Å². The molecule has 0 aliphatic carbocycles. The van der Waals surface area contributed by atoms with E-state index in [4.69, 9.17) is 5.26 Å². The molecular weight excluding hydrogens is 382 g/mol. The predicted octanol–water partition coefficient (Wildman–Crippen LogP) is 5.11. The zero-order valence-electron chi connectivity index (χ0n) is 9.35. The molecule has 0 fully saturated rings. The molecule has 0 saturated carbocycles. The summed E-state index contributed by atoms with van der Waals surface area (Å²) in [6.45, 7) is 0. The van der Waals surface area contributed by atoms with Crippen LogP contribution >= 0.6 is 31.9 Å². The van der Waals surface area contributed by atoms with Crippen LogP contribution in [0.1, 0.15) is 5.56 Å². The minimum atomic E-state index is -0.705. The van der Waals surface area contributed by atoms with E-state index in [9.17, 15) is 8.78 Å². The standard InChI is InChI=1S/C13H6Br2F2N2/c14-9-3-7(6-18)1-2-12(9)19-13-10(15)4-8(16)5-11(13)17/h1-5,19H. The van der Waals surface area contributed by atoms with Crippen LogP contribution in [0.25, 0.3) is 0 Å². The van der Waals surface area contributed by atoms with Gasteiger partial charge in [-0.1, -0.05) is 0 Å². The van der Waals surface area contributed by atoms with Gasteiger partial charge in [-0.25, -0.2) is 8.78 Å². The number of hydrogen-bond donors (Lipinski definition) is 1. The Morgan fingerprint density at radius 2 is 1.79 bits per heavy atom. The van der Waals surface area contributed by atoms with Gasteiger partial charge in [-0.3, -0.25) is 0 Å². The highest BCUT2D eigenvalue weighted by Crippen LogP contribution is 2.33.